The van der Waals surface area contributed by atoms with Gasteiger partial charge >= 0.3 is 0 Å². The molecule has 3 heteroatoms. The normalized spacial score (nSPS) is 11.8. The number of ether oxygens (including phenoxy) is 2. The minimum absolute atomic E-state index is 0.145. The number of hydrogen-bond acceptors (Lipinski definition) is 3. The van der Waals surface area contributed by atoms with Gasteiger partial charge in [0.1, 0.15) is 0 Å². The lowest BCUT2D eigenvalue weighted by Crippen LogP contribution is -2.35. The van der Waals surface area contributed by atoms with E-state index in [9.17, 15) is 0 Å². The highest BCUT2D eigenvalue weighted by molar-refractivity contribution is 5.23. The molecule has 108 valence electrons. The Morgan fingerprint density at radius 2 is 1.84 bits per heavy atom. The summed E-state index contributed by atoms with van der Waals surface area (Å²) in [4.78, 5) is 0. The van der Waals surface area contributed by atoms with Crippen LogP contribution in [0.1, 0.15) is 38.3 Å². The highest BCUT2D eigenvalue weighted by Gasteiger charge is 2.08. The van der Waals surface area contributed by atoms with Crippen LogP contribution in [0.4, 0.5) is 0 Å². The maximum absolute atomic E-state index is 5.62. The molecule has 0 saturated heterocycles. The summed E-state index contributed by atoms with van der Waals surface area (Å²) in [6.45, 7) is 9.60. The Labute approximate surface area is 117 Å². The Kier molecular flexibility index (Phi) is 7.06. The molecule has 0 heterocycles. The zero-order valence-electron chi connectivity index (χ0n) is 12.7. The lowest BCUT2D eigenvalue weighted by molar-refractivity contribution is 0.0928. The fourth-order valence-corrected chi connectivity index (χ4v) is 1.69. The Bertz CT molecular complexity index is 358. The minimum Gasteiger partial charge on any atom is -0.385 e. The minimum atomic E-state index is 0.145. The van der Waals surface area contributed by atoms with Gasteiger partial charge in [-0.15, -0.1) is 0 Å². The zero-order chi connectivity index (χ0) is 14.1. The summed E-state index contributed by atoms with van der Waals surface area (Å²) in [5.41, 5.74) is 2.67. The van der Waals surface area contributed by atoms with Crippen molar-refractivity contribution in [2.75, 3.05) is 20.3 Å². The zero-order valence-corrected chi connectivity index (χ0v) is 12.7. The van der Waals surface area contributed by atoms with Crippen LogP contribution in [-0.2, 0) is 22.6 Å². The average molecular weight is 265 g/mol. The van der Waals surface area contributed by atoms with Crippen LogP contribution >= 0.6 is 0 Å². The van der Waals surface area contributed by atoms with Gasteiger partial charge in [0.15, 0.2) is 0 Å². The molecular weight excluding hydrogens is 238 g/mol. The molecule has 0 spiro atoms. The number of rotatable bonds is 8. The fourth-order valence-electron chi connectivity index (χ4n) is 1.69. The fraction of sp³-hybridized carbons (Fsp3) is 0.625. The SMILES string of the molecule is COCCCOCc1cccc(CNC(C)(C)C)c1. The Balaban J connectivity index is 2.35. The molecule has 0 fully saturated rings. The maximum atomic E-state index is 5.62. The average Bonchev–Trinajstić information content (AvgIpc) is 2.36. The third-order valence-corrected chi connectivity index (χ3v) is 2.72. The summed E-state index contributed by atoms with van der Waals surface area (Å²) < 4.78 is 10.6. The topological polar surface area (TPSA) is 30.5 Å². The largest absolute Gasteiger partial charge is 0.385 e. The van der Waals surface area contributed by atoms with E-state index in [1.54, 1.807) is 7.11 Å². The summed E-state index contributed by atoms with van der Waals surface area (Å²) >= 11 is 0. The first kappa shape index (κ1) is 16.2. The molecule has 1 aromatic carbocycles. The molecule has 19 heavy (non-hydrogen) atoms. The highest BCUT2D eigenvalue weighted by Crippen LogP contribution is 2.09. The number of hydrogen-bond donors (Lipinski definition) is 1. The molecule has 1 aromatic rings. The van der Waals surface area contributed by atoms with E-state index in [1.165, 1.54) is 11.1 Å². The molecule has 0 aliphatic rings. The molecule has 0 aromatic heterocycles. The van der Waals surface area contributed by atoms with Gasteiger partial charge in [0, 0.05) is 32.4 Å². The molecule has 0 aliphatic heterocycles. The smallest absolute Gasteiger partial charge is 0.0716 e. The van der Waals surface area contributed by atoms with Gasteiger partial charge in [0.05, 0.1) is 6.61 Å². The van der Waals surface area contributed by atoms with Gasteiger partial charge in [0.2, 0.25) is 0 Å². The van der Waals surface area contributed by atoms with Crippen molar-refractivity contribution in [1.29, 1.82) is 0 Å². The summed E-state index contributed by atoms with van der Waals surface area (Å²) in [5.74, 6) is 0. The van der Waals surface area contributed by atoms with Gasteiger partial charge in [-0.2, -0.15) is 0 Å². The first-order valence-corrected chi connectivity index (χ1v) is 6.91. The van der Waals surface area contributed by atoms with Gasteiger partial charge in [-0.25, -0.2) is 0 Å². The molecular formula is C16H27NO2. The van der Waals surface area contributed by atoms with Crippen LogP contribution in [0.3, 0.4) is 0 Å². The molecule has 0 amide bonds. The van der Waals surface area contributed by atoms with Crippen molar-refractivity contribution < 1.29 is 9.47 Å². The molecule has 0 saturated carbocycles. The first-order chi connectivity index (χ1) is 9.01. The van der Waals surface area contributed by atoms with E-state index in [2.05, 4.69) is 50.4 Å². The molecule has 0 bridgehead atoms. The monoisotopic (exact) mass is 265 g/mol. The molecule has 1 rings (SSSR count). The quantitative estimate of drug-likeness (QED) is 0.733. The van der Waals surface area contributed by atoms with Crippen LogP contribution in [0.5, 0.6) is 0 Å². The third kappa shape index (κ3) is 7.98. The summed E-state index contributed by atoms with van der Waals surface area (Å²) in [6, 6.07) is 8.55. The van der Waals surface area contributed by atoms with Crippen LogP contribution in [-0.4, -0.2) is 25.9 Å². The lowest BCUT2D eigenvalue weighted by Gasteiger charge is -2.20. The predicted molar refractivity (Wildman–Crippen MR) is 79.2 cm³/mol. The van der Waals surface area contributed by atoms with Crippen LogP contribution in [0.15, 0.2) is 24.3 Å². The van der Waals surface area contributed by atoms with Crippen molar-refractivity contribution >= 4 is 0 Å². The van der Waals surface area contributed by atoms with E-state index >= 15 is 0 Å². The van der Waals surface area contributed by atoms with Crippen LogP contribution in [0.25, 0.3) is 0 Å². The maximum Gasteiger partial charge on any atom is 0.0716 e. The molecule has 3 nitrogen and oxygen atoms in total. The first-order valence-electron chi connectivity index (χ1n) is 6.91. The third-order valence-electron chi connectivity index (χ3n) is 2.72. The number of benzene rings is 1. The molecule has 0 aliphatic carbocycles. The molecule has 0 atom stereocenters. The van der Waals surface area contributed by atoms with E-state index in [-0.39, 0.29) is 5.54 Å². The molecule has 0 unspecified atom stereocenters. The Morgan fingerprint density at radius 1 is 1.11 bits per heavy atom. The van der Waals surface area contributed by atoms with Crippen LogP contribution in [0, 0.1) is 0 Å². The summed E-state index contributed by atoms with van der Waals surface area (Å²) in [6.07, 6.45) is 0.946. The lowest BCUT2D eigenvalue weighted by atomic mass is 10.1. The Hall–Kier alpha value is -0.900. The second kappa shape index (κ2) is 8.31. The summed E-state index contributed by atoms with van der Waals surface area (Å²) in [5, 5.41) is 3.49. The van der Waals surface area contributed by atoms with E-state index in [0.29, 0.717) is 6.61 Å². The van der Waals surface area contributed by atoms with Crippen LogP contribution < -0.4 is 5.32 Å². The van der Waals surface area contributed by atoms with E-state index in [1.807, 2.05) is 0 Å². The van der Waals surface area contributed by atoms with Gasteiger partial charge in [-0.05, 0) is 38.3 Å². The van der Waals surface area contributed by atoms with Gasteiger partial charge in [-0.1, -0.05) is 24.3 Å². The van der Waals surface area contributed by atoms with E-state index in [4.69, 9.17) is 9.47 Å². The molecule has 0 radical (unpaired) electrons. The van der Waals surface area contributed by atoms with Crippen LogP contribution in [0.2, 0.25) is 0 Å². The number of methoxy groups -OCH3 is 1. The summed E-state index contributed by atoms with van der Waals surface area (Å²) in [7, 11) is 1.71. The van der Waals surface area contributed by atoms with Crippen molar-refractivity contribution in [1.82, 2.24) is 5.32 Å². The van der Waals surface area contributed by atoms with Gasteiger partial charge in [0.25, 0.3) is 0 Å². The second-order valence-electron chi connectivity index (χ2n) is 5.82. The predicted octanol–water partition coefficient (Wildman–Crippen LogP) is 3.13. The van der Waals surface area contributed by atoms with Gasteiger partial charge in [-0.3, -0.25) is 0 Å². The van der Waals surface area contributed by atoms with Crippen molar-refractivity contribution in [2.45, 2.75) is 45.9 Å². The van der Waals surface area contributed by atoms with E-state index in [0.717, 1.165) is 26.2 Å². The van der Waals surface area contributed by atoms with Gasteiger partial charge < -0.3 is 14.8 Å². The second-order valence-corrected chi connectivity index (χ2v) is 5.82. The Morgan fingerprint density at radius 3 is 2.53 bits per heavy atom. The van der Waals surface area contributed by atoms with Crippen molar-refractivity contribution in [2.24, 2.45) is 0 Å². The highest BCUT2D eigenvalue weighted by atomic mass is 16.5. The molecule has 1 N–H and O–H groups in total. The van der Waals surface area contributed by atoms with E-state index < -0.39 is 0 Å². The van der Waals surface area contributed by atoms with Crippen molar-refractivity contribution in [3.8, 4) is 0 Å². The number of nitrogens with one attached hydrogen (secondary N) is 1. The van der Waals surface area contributed by atoms with Crippen molar-refractivity contribution in [3.05, 3.63) is 35.4 Å². The van der Waals surface area contributed by atoms with Crippen molar-refractivity contribution in [3.63, 3.8) is 0 Å². The standard InChI is InChI=1S/C16H27NO2/c1-16(2,3)17-12-14-7-5-8-15(11-14)13-19-10-6-9-18-4/h5,7-8,11,17H,6,9-10,12-13H2,1-4H3.